The van der Waals surface area contributed by atoms with Crippen LogP contribution in [0, 0.1) is 23.0 Å². The van der Waals surface area contributed by atoms with Gasteiger partial charge in [-0.1, -0.05) is 48.0 Å². The van der Waals surface area contributed by atoms with Crippen molar-refractivity contribution in [3.63, 3.8) is 0 Å². The fourth-order valence-electron chi connectivity index (χ4n) is 4.38. The Morgan fingerprint density at radius 1 is 0.844 bits per heavy atom. The number of hydrogen-bond acceptors (Lipinski definition) is 6. The molecule has 0 N–H and O–H groups in total. The molecule has 0 saturated carbocycles. The Bertz CT molecular complexity index is 1210. The Morgan fingerprint density at radius 2 is 1.50 bits per heavy atom. The number of hydroxylamine groups is 1. The van der Waals surface area contributed by atoms with Gasteiger partial charge in [0.1, 0.15) is 12.0 Å². The minimum absolute atomic E-state index is 0.128. The number of carbonyl (C=O) groups is 2. The average molecular weight is 429 g/mol. The van der Waals surface area contributed by atoms with Gasteiger partial charge in [-0.3, -0.25) is 24.5 Å². The third-order valence-electron chi connectivity index (χ3n) is 5.87. The molecule has 0 spiro atoms. The molecular weight excluding hydrogens is 410 g/mol. The summed E-state index contributed by atoms with van der Waals surface area (Å²) in [5.74, 6) is -1.85. The van der Waals surface area contributed by atoms with Gasteiger partial charge in [-0.15, -0.1) is 0 Å². The number of rotatable bonds is 4. The third-order valence-corrected chi connectivity index (χ3v) is 5.87. The monoisotopic (exact) mass is 429 g/mol. The van der Waals surface area contributed by atoms with Gasteiger partial charge in [-0.05, 0) is 37.3 Å². The number of para-hydroxylation sites is 2. The Labute approximate surface area is 183 Å². The molecule has 5 rings (SSSR count). The number of nitro groups is 1. The topological polar surface area (TPSA) is 93.0 Å². The number of amides is 2. The lowest BCUT2D eigenvalue weighted by atomic mass is 9.89. The minimum atomic E-state index is -1.08. The van der Waals surface area contributed by atoms with Crippen LogP contribution in [0.3, 0.4) is 0 Å². The molecule has 8 nitrogen and oxygen atoms in total. The Hall–Kier alpha value is -4.04. The molecule has 2 saturated heterocycles. The first-order valence-corrected chi connectivity index (χ1v) is 10.2. The molecule has 8 heteroatoms. The summed E-state index contributed by atoms with van der Waals surface area (Å²) in [5, 5.41) is 13.2. The van der Waals surface area contributed by atoms with E-state index in [2.05, 4.69) is 0 Å². The van der Waals surface area contributed by atoms with Crippen LogP contribution in [0.4, 0.5) is 17.1 Å². The molecule has 2 aliphatic rings. The van der Waals surface area contributed by atoms with Crippen molar-refractivity contribution in [2.75, 3.05) is 9.96 Å². The zero-order valence-electron chi connectivity index (χ0n) is 17.1. The van der Waals surface area contributed by atoms with Gasteiger partial charge < -0.3 is 0 Å². The lowest BCUT2D eigenvalue weighted by molar-refractivity contribution is -0.385. The number of benzene rings is 3. The van der Waals surface area contributed by atoms with Crippen molar-refractivity contribution in [2.24, 2.45) is 5.92 Å². The second-order valence-corrected chi connectivity index (χ2v) is 7.82. The van der Waals surface area contributed by atoms with E-state index in [9.17, 15) is 19.7 Å². The van der Waals surface area contributed by atoms with Crippen LogP contribution in [0.15, 0.2) is 78.9 Å². The van der Waals surface area contributed by atoms with E-state index in [1.807, 2.05) is 25.1 Å². The summed E-state index contributed by atoms with van der Waals surface area (Å²) in [6.45, 7) is 1.91. The SMILES string of the molecule is Cc1ccc(N2C(=O)[C@@H]3[C@@H](c4ccccc4[N+](=O)[O-])N(c4ccccc4)O[C@H]3C2=O)cc1. The molecular formula is C24H19N3O5. The number of anilines is 2. The summed E-state index contributed by atoms with van der Waals surface area (Å²) in [4.78, 5) is 45.3. The van der Waals surface area contributed by atoms with Crippen molar-refractivity contribution in [3.05, 3.63) is 100 Å². The summed E-state index contributed by atoms with van der Waals surface area (Å²) in [6.07, 6.45) is -1.08. The first-order valence-electron chi connectivity index (χ1n) is 10.2. The highest BCUT2D eigenvalue weighted by Crippen LogP contribution is 2.49. The molecule has 0 unspecified atom stereocenters. The summed E-state index contributed by atoms with van der Waals surface area (Å²) in [7, 11) is 0. The van der Waals surface area contributed by atoms with Gasteiger partial charge in [-0.2, -0.15) is 0 Å². The van der Waals surface area contributed by atoms with E-state index in [1.165, 1.54) is 11.1 Å². The predicted molar refractivity (Wildman–Crippen MR) is 117 cm³/mol. The molecule has 32 heavy (non-hydrogen) atoms. The second-order valence-electron chi connectivity index (χ2n) is 7.82. The van der Waals surface area contributed by atoms with E-state index in [-0.39, 0.29) is 5.69 Å². The fraction of sp³-hybridized carbons (Fsp3) is 0.167. The molecule has 3 aromatic carbocycles. The molecule has 0 radical (unpaired) electrons. The van der Waals surface area contributed by atoms with Crippen LogP contribution in [0.5, 0.6) is 0 Å². The normalized spacial score (nSPS) is 22.3. The summed E-state index contributed by atoms with van der Waals surface area (Å²) in [6, 6.07) is 21.4. The van der Waals surface area contributed by atoms with E-state index in [1.54, 1.807) is 54.6 Å². The standard InChI is InChI=1S/C24H19N3O5/c1-15-11-13-16(14-12-15)25-23(28)20-21(18-9-5-6-10-19(18)27(30)31)26(32-22(20)24(25)29)17-7-3-2-4-8-17/h2-14,20-22H,1H3/t20-,21-,22-/m1/s1. The van der Waals surface area contributed by atoms with Gasteiger partial charge in [0.25, 0.3) is 11.6 Å². The summed E-state index contributed by atoms with van der Waals surface area (Å²) >= 11 is 0. The van der Waals surface area contributed by atoms with Crippen LogP contribution >= 0.6 is 0 Å². The number of aryl methyl sites for hydroxylation is 1. The van der Waals surface area contributed by atoms with Crippen LogP contribution < -0.4 is 9.96 Å². The van der Waals surface area contributed by atoms with Crippen molar-refractivity contribution in [3.8, 4) is 0 Å². The van der Waals surface area contributed by atoms with Crippen molar-refractivity contribution < 1.29 is 19.3 Å². The first-order chi connectivity index (χ1) is 15.5. The van der Waals surface area contributed by atoms with Gasteiger partial charge >= 0.3 is 0 Å². The zero-order chi connectivity index (χ0) is 22.4. The second kappa shape index (κ2) is 7.58. The van der Waals surface area contributed by atoms with Crippen LogP contribution in [-0.4, -0.2) is 22.8 Å². The Balaban J connectivity index is 1.63. The van der Waals surface area contributed by atoms with Gasteiger partial charge in [0.2, 0.25) is 5.91 Å². The fourth-order valence-corrected chi connectivity index (χ4v) is 4.38. The van der Waals surface area contributed by atoms with Gasteiger partial charge in [0.15, 0.2) is 6.10 Å². The molecule has 160 valence electrons. The quantitative estimate of drug-likeness (QED) is 0.354. The number of fused-ring (bicyclic) bond motifs is 1. The maximum Gasteiger partial charge on any atom is 0.274 e. The molecule has 0 bridgehead atoms. The molecule has 2 aliphatic heterocycles. The predicted octanol–water partition coefficient (Wildman–Crippen LogP) is 3.95. The van der Waals surface area contributed by atoms with E-state index in [0.29, 0.717) is 16.9 Å². The van der Waals surface area contributed by atoms with Crippen molar-refractivity contribution >= 4 is 28.9 Å². The third kappa shape index (κ3) is 3.04. The Morgan fingerprint density at radius 3 is 2.19 bits per heavy atom. The van der Waals surface area contributed by atoms with Crippen LogP contribution in [0.2, 0.25) is 0 Å². The van der Waals surface area contributed by atoms with Gasteiger partial charge in [0.05, 0.1) is 21.9 Å². The minimum Gasteiger partial charge on any atom is -0.273 e. The summed E-state index contributed by atoms with van der Waals surface area (Å²) in [5.41, 5.74) is 2.25. The largest absolute Gasteiger partial charge is 0.274 e. The van der Waals surface area contributed by atoms with Crippen molar-refractivity contribution in [2.45, 2.75) is 19.1 Å². The van der Waals surface area contributed by atoms with Gasteiger partial charge in [0, 0.05) is 6.07 Å². The zero-order valence-corrected chi connectivity index (χ0v) is 17.1. The molecule has 2 heterocycles. The van der Waals surface area contributed by atoms with Crippen molar-refractivity contribution in [1.82, 2.24) is 0 Å². The molecule has 3 atom stereocenters. The molecule has 3 aromatic rings. The number of hydrogen-bond donors (Lipinski definition) is 0. The van der Waals surface area contributed by atoms with E-state index >= 15 is 0 Å². The lowest BCUT2D eigenvalue weighted by Gasteiger charge is -2.28. The number of imide groups is 1. The highest BCUT2D eigenvalue weighted by atomic mass is 16.7. The number of carbonyl (C=O) groups excluding carboxylic acids is 2. The average Bonchev–Trinajstić information content (AvgIpc) is 3.31. The van der Waals surface area contributed by atoms with E-state index in [4.69, 9.17) is 4.84 Å². The smallest absolute Gasteiger partial charge is 0.273 e. The van der Waals surface area contributed by atoms with Gasteiger partial charge in [-0.25, -0.2) is 9.96 Å². The van der Waals surface area contributed by atoms with E-state index in [0.717, 1.165) is 10.5 Å². The molecule has 0 aliphatic carbocycles. The molecule has 2 fully saturated rings. The van der Waals surface area contributed by atoms with E-state index < -0.39 is 34.8 Å². The first kappa shape index (κ1) is 19.9. The lowest BCUT2D eigenvalue weighted by Crippen LogP contribution is -2.37. The molecule has 2 amide bonds. The van der Waals surface area contributed by atoms with Crippen LogP contribution in [0.25, 0.3) is 0 Å². The Kier molecular flexibility index (Phi) is 4.71. The maximum absolute atomic E-state index is 13.6. The maximum atomic E-state index is 13.6. The number of nitrogens with zero attached hydrogens (tertiary/aromatic N) is 3. The van der Waals surface area contributed by atoms with Crippen LogP contribution in [0.1, 0.15) is 17.2 Å². The summed E-state index contributed by atoms with van der Waals surface area (Å²) < 4.78 is 0. The molecule has 0 aromatic heterocycles. The van der Waals surface area contributed by atoms with Crippen LogP contribution in [-0.2, 0) is 14.4 Å². The highest BCUT2D eigenvalue weighted by Gasteiger charge is 2.61. The van der Waals surface area contributed by atoms with Crippen molar-refractivity contribution in [1.29, 1.82) is 0 Å². The number of nitro benzene ring substituents is 1. The highest BCUT2D eigenvalue weighted by molar-refractivity contribution is 6.24.